The van der Waals surface area contributed by atoms with Gasteiger partial charge in [-0.25, -0.2) is 4.79 Å². The molecular formula is C21H24BrClN4O2. The van der Waals surface area contributed by atoms with Crippen LogP contribution in [0.1, 0.15) is 11.1 Å². The van der Waals surface area contributed by atoms with Crippen LogP contribution in [0.25, 0.3) is 0 Å². The van der Waals surface area contributed by atoms with Gasteiger partial charge in [0.1, 0.15) is 0 Å². The van der Waals surface area contributed by atoms with Crippen molar-refractivity contribution in [1.82, 2.24) is 20.4 Å². The summed E-state index contributed by atoms with van der Waals surface area (Å²) in [5.74, 6) is -0.00312. The molecule has 8 heteroatoms. The molecule has 29 heavy (non-hydrogen) atoms. The number of nitrogens with one attached hydrogen (secondary N) is 2. The molecule has 0 radical (unpaired) electrons. The molecule has 0 spiro atoms. The fourth-order valence-electron chi connectivity index (χ4n) is 3.11. The molecule has 1 aliphatic heterocycles. The molecule has 2 aromatic rings. The number of benzene rings is 2. The maximum Gasteiger partial charge on any atom is 0.317 e. The van der Waals surface area contributed by atoms with Crippen LogP contribution in [-0.2, 0) is 17.9 Å². The molecule has 0 saturated carbocycles. The quantitative estimate of drug-likeness (QED) is 0.668. The maximum atomic E-state index is 12.4. The van der Waals surface area contributed by atoms with Crippen LogP contribution in [0.4, 0.5) is 4.79 Å². The molecule has 0 atom stereocenters. The normalized spacial score (nSPS) is 14.5. The van der Waals surface area contributed by atoms with Crippen molar-refractivity contribution >= 4 is 39.5 Å². The molecule has 2 aromatic carbocycles. The van der Waals surface area contributed by atoms with Crippen LogP contribution >= 0.6 is 27.5 Å². The Labute approximate surface area is 184 Å². The Bertz CT molecular complexity index is 842. The number of carbonyl (C=O) groups is 2. The van der Waals surface area contributed by atoms with Crippen molar-refractivity contribution in [1.29, 1.82) is 0 Å². The van der Waals surface area contributed by atoms with E-state index in [0.717, 1.165) is 15.6 Å². The van der Waals surface area contributed by atoms with E-state index in [1.165, 1.54) is 0 Å². The zero-order valence-corrected chi connectivity index (χ0v) is 18.4. The van der Waals surface area contributed by atoms with E-state index in [4.69, 9.17) is 11.6 Å². The molecule has 6 nitrogen and oxygen atoms in total. The first-order chi connectivity index (χ1) is 14.0. The largest absolute Gasteiger partial charge is 0.351 e. The highest BCUT2D eigenvalue weighted by molar-refractivity contribution is 9.10. The predicted octanol–water partition coefficient (Wildman–Crippen LogP) is 3.25. The molecule has 1 heterocycles. The summed E-state index contributed by atoms with van der Waals surface area (Å²) in [4.78, 5) is 28.4. The Kier molecular flexibility index (Phi) is 7.91. The Hall–Kier alpha value is -2.09. The minimum absolute atomic E-state index is 0.00312. The molecule has 154 valence electrons. The predicted molar refractivity (Wildman–Crippen MR) is 118 cm³/mol. The second-order valence-corrected chi connectivity index (χ2v) is 8.24. The molecule has 1 fully saturated rings. The van der Waals surface area contributed by atoms with Crippen LogP contribution < -0.4 is 10.6 Å². The molecule has 0 aliphatic carbocycles. The van der Waals surface area contributed by atoms with Gasteiger partial charge in [0.25, 0.3) is 0 Å². The van der Waals surface area contributed by atoms with E-state index in [9.17, 15) is 9.59 Å². The molecule has 0 aromatic heterocycles. The van der Waals surface area contributed by atoms with Crippen molar-refractivity contribution in [2.24, 2.45) is 0 Å². The lowest BCUT2D eigenvalue weighted by molar-refractivity contribution is -0.122. The Morgan fingerprint density at radius 1 is 0.966 bits per heavy atom. The number of carbonyl (C=O) groups excluding carboxylic acids is 2. The molecular weight excluding hydrogens is 456 g/mol. The minimum Gasteiger partial charge on any atom is -0.351 e. The molecule has 3 amide bonds. The highest BCUT2D eigenvalue weighted by atomic mass is 79.9. The standard InChI is InChI=1S/C21H24BrClN4O2/c22-18-7-6-17(19(23)12-18)14-25-21(29)27-10-8-26(9-11-27)15-20(28)24-13-16-4-2-1-3-5-16/h1-7,12H,8-11,13-15H2,(H,24,28)(H,25,29). The summed E-state index contributed by atoms with van der Waals surface area (Å²) in [7, 11) is 0. The number of urea groups is 1. The maximum absolute atomic E-state index is 12.4. The van der Waals surface area contributed by atoms with Crippen LogP contribution in [0.15, 0.2) is 53.0 Å². The van der Waals surface area contributed by atoms with Crippen LogP contribution in [0, 0.1) is 0 Å². The summed E-state index contributed by atoms with van der Waals surface area (Å²) in [6.07, 6.45) is 0. The van der Waals surface area contributed by atoms with Gasteiger partial charge in [-0.1, -0.05) is 63.9 Å². The molecule has 0 unspecified atom stereocenters. The average Bonchev–Trinajstić information content (AvgIpc) is 2.73. The van der Waals surface area contributed by atoms with Crippen molar-refractivity contribution in [3.8, 4) is 0 Å². The van der Waals surface area contributed by atoms with Gasteiger partial charge in [0, 0.05) is 48.8 Å². The Balaban J connectivity index is 1.37. The van der Waals surface area contributed by atoms with Crippen molar-refractivity contribution < 1.29 is 9.59 Å². The van der Waals surface area contributed by atoms with Gasteiger partial charge in [-0.2, -0.15) is 0 Å². The third-order valence-corrected chi connectivity index (χ3v) is 5.65. The molecule has 3 rings (SSSR count). The van der Waals surface area contributed by atoms with E-state index in [1.807, 2.05) is 48.5 Å². The van der Waals surface area contributed by atoms with E-state index in [-0.39, 0.29) is 11.9 Å². The summed E-state index contributed by atoms with van der Waals surface area (Å²) in [5.41, 5.74) is 1.95. The van der Waals surface area contributed by atoms with Crippen LogP contribution in [-0.4, -0.2) is 54.5 Å². The summed E-state index contributed by atoms with van der Waals surface area (Å²) >= 11 is 9.56. The summed E-state index contributed by atoms with van der Waals surface area (Å²) in [5, 5.41) is 6.47. The molecule has 0 bridgehead atoms. The van der Waals surface area contributed by atoms with Gasteiger partial charge in [-0.05, 0) is 23.3 Å². The monoisotopic (exact) mass is 478 g/mol. The minimum atomic E-state index is -0.114. The third kappa shape index (κ3) is 6.73. The first kappa shape index (κ1) is 21.6. The van der Waals surface area contributed by atoms with Gasteiger partial charge in [-0.3, -0.25) is 9.69 Å². The number of halogens is 2. The second kappa shape index (κ2) is 10.6. The van der Waals surface area contributed by atoms with Gasteiger partial charge in [-0.15, -0.1) is 0 Å². The summed E-state index contributed by atoms with van der Waals surface area (Å²) in [6.45, 7) is 3.78. The Morgan fingerprint density at radius 3 is 2.38 bits per heavy atom. The van der Waals surface area contributed by atoms with Crippen LogP contribution in [0.3, 0.4) is 0 Å². The third-order valence-electron chi connectivity index (χ3n) is 4.80. The zero-order chi connectivity index (χ0) is 20.6. The zero-order valence-electron chi connectivity index (χ0n) is 16.0. The second-order valence-electron chi connectivity index (χ2n) is 6.92. The first-order valence-electron chi connectivity index (χ1n) is 9.51. The van der Waals surface area contributed by atoms with Gasteiger partial charge >= 0.3 is 6.03 Å². The van der Waals surface area contributed by atoms with Gasteiger partial charge in [0.05, 0.1) is 6.54 Å². The number of hydrogen-bond donors (Lipinski definition) is 2. The van der Waals surface area contributed by atoms with Crippen molar-refractivity contribution in [3.05, 3.63) is 69.2 Å². The number of rotatable bonds is 6. The van der Waals surface area contributed by atoms with Gasteiger partial charge in [0.15, 0.2) is 0 Å². The highest BCUT2D eigenvalue weighted by Gasteiger charge is 2.22. The number of nitrogens with zero attached hydrogens (tertiary/aromatic N) is 2. The fourth-order valence-corrected chi connectivity index (χ4v) is 3.85. The van der Waals surface area contributed by atoms with E-state index < -0.39 is 0 Å². The van der Waals surface area contributed by atoms with E-state index in [0.29, 0.717) is 50.8 Å². The lowest BCUT2D eigenvalue weighted by Gasteiger charge is -2.34. The van der Waals surface area contributed by atoms with Crippen molar-refractivity contribution in [2.75, 3.05) is 32.7 Å². The van der Waals surface area contributed by atoms with Crippen molar-refractivity contribution in [3.63, 3.8) is 0 Å². The fraction of sp³-hybridized carbons (Fsp3) is 0.333. The topological polar surface area (TPSA) is 64.7 Å². The van der Waals surface area contributed by atoms with Crippen molar-refractivity contribution in [2.45, 2.75) is 13.1 Å². The lowest BCUT2D eigenvalue weighted by atomic mass is 10.2. The SMILES string of the molecule is O=C(CN1CCN(C(=O)NCc2ccc(Br)cc2Cl)CC1)NCc1ccccc1. The van der Waals surface area contributed by atoms with E-state index >= 15 is 0 Å². The lowest BCUT2D eigenvalue weighted by Crippen LogP contribution is -2.53. The number of hydrogen-bond acceptors (Lipinski definition) is 3. The first-order valence-corrected chi connectivity index (χ1v) is 10.7. The van der Waals surface area contributed by atoms with Gasteiger partial charge in [0.2, 0.25) is 5.91 Å². The highest BCUT2D eigenvalue weighted by Crippen LogP contribution is 2.21. The number of amides is 3. The molecule has 1 saturated heterocycles. The van der Waals surface area contributed by atoms with Gasteiger partial charge < -0.3 is 15.5 Å². The van der Waals surface area contributed by atoms with Crippen LogP contribution in [0.5, 0.6) is 0 Å². The summed E-state index contributed by atoms with van der Waals surface area (Å²) < 4.78 is 0.904. The Morgan fingerprint density at radius 2 is 1.69 bits per heavy atom. The molecule has 1 aliphatic rings. The van der Waals surface area contributed by atoms with Crippen LogP contribution in [0.2, 0.25) is 5.02 Å². The average molecular weight is 480 g/mol. The molecule has 2 N–H and O–H groups in total. The van der Waals surface area contributed by atoms with E-state index in [1.54, 1.807) is 4.90 Å². The van der Waals surface area contributed by atoms with E-state index in [2.05, 4.69) is 31.5 Å². The smallest absolute Gasteiger partial charge is 0.317 e. The number of piperazine rings is 1. The summed E-state index contributed by atoms with van der Waals surface area (Å²) in [6, 6.07) is 15.3.